The molecule has 1 aromatic carbocycles. The number of aryl methyl sites for hydroxylation is 1. The number of nitrogens with zero attached hydrogens (tertiary/aromatic N) is 1. The molecule has 4 nitrogen and oxygen atoms in total. The summed E-state index contributed by atoms with van der Waals surface area (Å²) in [4.78, 5) is 13.7. The highest BCUT2D eigenvalue weighted by Crippen LogP contribution is 2.25. The van der Waals surface area contributed by atoms with Crippen molar-refractivity contribution in [3.63, 3.8) is 0 Å². The number of hydrogen-bond acceptors (Lipinski definition) is 3. The molecule has 1 N–H and O–H groups in total. The van der Waals surface area contributed by atoms with Crippen molar-refractivity contribution in [1.29, 1.82) is 0 Å². The number of rotatable bonds is 1. The fourth-order valence-corrected chi connectivity index (χ4v) is 2.44. The molecule has 0 radical (unpaired) electrons. The first-order chi connectivity index (χ1) is 9.06. The largest absolute Gasteiger partial charge is 0.461 e. The molecule has 0 spiro atoms. The molecule has 100 valence electrons. The molecule has 0 aliphatic carbocycles. The van der Waals surface area contributed by atoms with Crippen LogP contribution in [0.25, 0.3) is 11.0 Å². The van der Waals surface area contributed by atoms with Gasteiger partial charge < -0.3 is 14.4 Å². The third-order valence-electron chi connectivity index (χ3n) is 3.40. The van der Waals surface area contributed by atoms with E-state index in [9.17, 15) is 14.3 Å². The third-order valence-corrected chi connectivity index (χ3v) is 3.40. The van der Waals surface area contributed by atoms with E-state index in [0.29, 0.717) is 11.1 Å². The molecule has 1 aliphatic heterocycles. The maximum absolute atomic E-state index is 13.3. The number of para-hydroxylation sites is 1. The normalized spacial score (nSPS) is 23.2. The second-order valence-corrected chi connectivity index (χ2v) is 4.87. The summed E-state index contributed by atoms with van der Waals surface area (Å²) in [5.41, 5.74) is 0.925. The minimum Gasteiger partial charge on any atom is -0.461 e. The summed E-state index contributed by atoms with van der Waals surface area (Å²) in [6.45, 7) is 1.76. The van der Waals surface area contributed by atoms with Gasteiger partial charge in [0.05, 0.1) is 12.1 Å². The maximum atomic E-state index is 13.3. The van der Waals surface area contributed by atoms with Crippen LogP contribution in [0.4, 0.5) is 4.39 Å². The number of fused-ring (bicyclic) bond motifs is 1. The predicted octanol–water partition coefficient (Wildman–Crippen LogP) is 1.90. The standard InChI is InChI=1S/C14H14FNO3/c1-8-5-9-3-2-4-10(13(9)19-8)14(18)16-6-11(15)12(17)7-16/h2-5,11-12,17H,6-7H2,1H3/t11-,12-/m1/s1. The average molecular weight is 263 g/mol. The van der Waals surface area contributed by atoms with Gasteiger partial charge in [-0.05, 0) is 19.1 Å². The fourth-order valence-electron chi connectivity index (χ4n) is 2.44. The highest BCUT2D eigenvalue weighted by atomic mass is 19.1. The van der Waals surface area contributed by atoms with E-state index in [1.807, 2.05) is 19.1 Å². The summed E-state index contributed by atoms with van der Waals surface area (Å²) in [6.07, 6.45) is -2.47. The number of aliphatic hydroxyl groups excluding tert-OH is 1. The van der Waals surface area contributed by atoms with Crippen LogP contribution in [0, 0.1) is 6.92 Å². The molecule has 1 fully saturated rings. The second kappa shape index (κ2) is 4.35. The molecule has 2 heterocycles. The Hall–Kier alpha value is -1.88. The number of carbonyl (C=O) groups is 1. The van der Waals surface area contributed by atoms with E-state index in [0.717, 1.165) is 11.1 Å². The number of aliphatic hydroxyl groups is 1. The molecular formula is C14H14FNO3. The van der Waals surface area contributed by atoms with Gasteiger partial charge in [0.25, 0.3) is 5.91 Å². The first-order valence-electron chi connectivity index (χ1n) is 6.17. The summed E-state index contributed by atoms with van der Waals surface area (Å²) in [6, 6.07) is 7.14. The number of likely N-dealkylation sites (tertiary alicyclic amines) is 1. The Morgan fingerprint density at radius 1 is 1.47 bits per heavy atom. The minimum atomic E-state index is -1.37. The van der Waals surface area contributed by atoms with Crippen molar-refractivity contribution in [2.75, 3.05) is 13.1 Å². The van der Waals surface area contributed by atoms with E-state index < -0.39 is 12.3 Å². The topological polar surface area (TPSA) is 53.7 Å². The number of amides is 1. The van der Waals surface area contributed by atoms with Gasteiger partial charge in [0.15, 0.2) is 0 Å². The molecule has 2 atom stereocenters. The van der Waals surface area contributed by atoms with Crippen molar-refractivity contribution in [2.24, 2.45) is 0 Å². The van der Waals surface area contributed by atoms with E-state index in [1.165, 1.54) is 4.90 Å². The Labute approximate surface area is 109 Å². The molecule has 5 heteroatoms. The van der Waals surface area contributed by atoms with Crippen molar-refractivity contribution in [2.45, 2.75) is 19.2 Å². The first kappa shape index (κ1) is 12.2. The maximum Gasteiger partial charge on any atom is 0.257 e. The molecule has 1 saturated heterocycles. The Balaban J connectivity index is 1.98. The van der Waals surface area contributed by atoms with Crippen LogP contribution in [0.15, 0.2) is 28.7 Å². The molecule has 0 bridgehead atoms. The van der Waals surface area contributed by atoms with Gasteiger partial charge in [0.1, 0.15) is 23.6 Å². The van der Waals surface area contributed by atoms with Crippen LogP contribution in [-0.2, 0) is 0 Å². The van der Waals surface area contributed by atoms with Gasteiger partial charge >= 0.3 is 0 Å². The SMILES string of the molecule is Cc1cc2cccc(C(=O)N3C[C@@H](O)[C@H](F)C3)c2o1. The van der Waals surface area contributed by atoms with Gasteiger partial charge in [-0.3, -0.25) is 4.79 Å². The highest BCUT2D eigenvalue weighted by Gasteiger charge is 2.35. The summed E-state index contributed by atoms with van der Waals surface area (Å²) < 4.78 is 18.8. The summed E-state index contributed by atoms with van der Waals surface area (Å²) in [5.74, 6) is 0.416. The molecule has 1 aliphatic rings. The van der Waals surface area contributed by atoms with Crippen molar-refractivity contribution in [1.82, 2.24) is 4.90 Å². The van der Waals surface area contributed by atoms with E-state index in [4.69, 9.17) is 4.42 Å². The summed E-state index contributed by atoms with van der Waals surface area (Å²) >= 11 is 0. The number of carbonyl (C=O) groups excluding carboxylic acids is 1. The Kier molecular flexibility index (Phi) is 2.78. The number of furan rings is 1. The van der Waals surface area contributed by atoms with E-state index in [-0.39, 0.29) is 19.0 Å². The molecule has 2 aromatic rings. The van der Waals surface area contributed by atoms with Crippen LogP contribution < -0.4 is 0 Å². The van der Waals surface area contributed by atoms with Crippen LogP contribution >= 0.6 is 0 Å². The van der Waals surface area contributed by atoms with E-state index in [2.05, 4.69) is 0 Å². The number of alkyl halides is 1. The summed E-state index contributed by atoms with van der Waals surface area (Å²) in [7, 11) is 0. The Morgan fingerprint density at radius 2 is 2.26 bits per heavy atom. The first-order valence-corrected chi connectivity index (χ1v) is 6.17. The fraction of sp³-hybridized carbons (Fsp3) is 0.357. The lowest BCUT2D eigenvalue weighted by atomic mass is 10.1. The highest BCUT2D eigenvalue weighted by molar-refractivity contribution is 6.05. The van der Waals surface area contributed by atoms with Crippen molar-refractivity contribution < 1.29 is 18.7 Å². The molecular weight excluding hydrogens is 249 g/mol. The van der Waals surface area contributed by atoms with Crippen molar-refractivity contribution in [3.8, 4) is 0 Å². The molecule has 1 amide bonds. The zero-order valence-corrected chi connectivity index (χ0v) is 10.5. The zero-order chi connectivity index (χ0) is 13.6. The molecule has 3 rings (SSSR count). The van der Waals surface area contributed by atoms with Crippen LogP contribution in [0.2, 0.25) is 0 Å². The third kappa shape index (κ3) is 2.00. The lowest BCUT2D eigenvalue weighted by Crippen LogP contribution is -2.29. The number of benzene rings is 1. The van der Waals surface area contributed by atoms with Crippen LogP contribution in [-0.4, -0.2) is 41.3 Å². The van der Waals surface area contributed by atoms with Crippen LogP contribution in [0.1, 0.15) is 16.1 Å². The van der Waals surface area contributed by atoms with Crippen molar-refractivity contribution in [3.05, 3.63) is 35.6 Å². The smallest absolute Gasteiger partial charge is 0.257 e. The molecule has 0 unspecified atom stereocenters. The monoisotopic (exact) mass is 263 g/mol. The molecule has 0 saturated carbocycles. The quantitative estimate of drug-likeness (QED) is 0.855. The van der Waals surface area contributed by atoms with Gasteiger partial charge in [-0.15, -0.1) is 0 Å². The number of hydrogen-bond donors (Lipinski definition) is 1. The van der Waals surface area contributed by atoms with E-state index >= 15 is 0 Å². The minimum absolute atomic E-state index is 0.0239. The molecule has 19 heavy (non-hydrogen) atoms. The van der Waals surface area contributed by atoms with Crippen molar-refractivity contribution >= 4 is 16.9 Å². The van der Waals surface area contributed by atoms with Gasteiger partial charge in [-0.2, -0.15) is 0 Å². The number of β-amino-alcohol motifs (C(OH)–C–C–N with tert-alkyl or cyclic N) is 1. The van der Waals surface area contributed by atoms with Gasteiger partial charge in [-0.1, -0.05) is 12.1 Å². The summed E-state index contributed by atoms with van der Waals surface area (Å²) in [5, 5.41) is 10.2. The lowest BCUT2D eigenvalue weighted by molar-refractivity contribution is 0.0765. The second-order valence-electron chi connectivity index (χ2n) is 4.87. The Morgan fingerprint density at radius 3 is 2.95 bits per heavy atom. The lowest BCUT2D eigenvalue weighted by Gasteiger charge is -2.15. The van der Waals surface area contributed by atoms with Gasteiger partial charge in [0.2, 0.25) is 0 Å². The predicted molar refractivity (Wildman–Crippen MR) is 67.8 cm³/mol. The zero-order valence-electron chi connectivity index (χ0n) is 10.5. The Bertz CT molecular complexity index is 627. The van der Waals surface area contributed by atoms with E-state index in [1.54, 1.807) is 12.1 Å². The van der Waals surface area contributed by atoms with Crippen LogP contribution in [0.3, 0.4) is 0 Å². The average Bonchev–Trinajstić information content (AvgIpc) is 2.90. The number of halogens is 1. The van der Waals surface area contributed by atoms with Crippen LogP contribution in [0.5, 0.6) is 0 Å². The van der Waals surface area contributed by atoms with Gasteiger partial charge in [0, 0.05) is 11.9 Å². The molecule has 1 aromatic heterocycles. The van der Waals surface area contributed by atoms with Gasteiger partial charge in [-0.25, -0.2) is 4.39 Å².